The van der Waals surface area contributed by atoms with Crippen molar-refractivity contribution in [1.82, 2.24) is 5.32 Å². The SMILES string of the molecule is COCCNC(=O)CNc1ccc(OC)cc1OC. The second-order valence-corrected chi connectivity index (χ2v) is 3.76. The number of methoxy groups -OCH3 is 3. The highest BCUT2D eigenvalue weighted by molar-refractivity contribution is 5.81. The lowest BCUT2D eigenvalue weighted by atomic mass is 10.2. The zero-order chi connectivity index (χ0) is 14.1. The Bertz CT molecular complexity index is 410. The van der Waals surface area contributed by atoms with Gasteiger partial charge < -0.3 is 24.8 Å². The van der Waals surface area contributed by atoms with Crippen LogP contribution in [0.2, 0.25) is 0 Å². The molecule has 0 heterocycles. The minimum atomic E-state index is -0.102. The van der Waals surface area contributed by atoms with Crippen LogP contribution in [-0.2, 0) is 9.53 Å². The van der Waals surface area contributed by atoms with Crippen LogP contribution in [0.3, 0.4) is 0 Å². The summed E-state index contributed by atoms with van der Waals surface area (Å²) in [6.07, 6.45) is 0. The van der Waals surface area contributed by atoms with Crippen LogP contribution >= 0.6 is 0 Å². The smallest absolute Gasteiger partial charge is 0.239 e. The first-order valence-corrected chi connectivity index (χ1v) is 5.92. The Hall–Kier alpha value is -1.95. The number of amides is 1. The molecule has 1 aromatic carbocycles. The maximum atomic E-state index is 11.5. The van der Waals surface area contributed by atoms with Crippen LogP contribution in [0.25, 0.3) is 0 Å². The molecular weight excluding hydrogens is 248 g/mol. The van der Waals surface area contributed by atoms with Crippen molar-refractivity contribution in [1.29, 1.82) is 0 Å². The van der Waals surface area contributed by atoms with E-state index in [-0.39, 0.29) is 12.5 Å². The Kier molecular flexibility index (Phi) is 6.52. The van der Waals surface area contributed by atoms with E-state index in [2.05, 4.69) is 10.6 Å². The van der Waals surface area contributed by atoms with Gasteiger partial charge in [-0.3, -0.25) is 4.79 Å². The van der Waals surface area contributed by atoms with Gasteiger partial charge in [-0.2, -0.15) is 0 Å². The quantitative estimate of drug-likeness (QED) is 0.685. The number of anilines is 1. The van der Waals surface area contributed by atoms with Crippen molar-refractivity contribution in [2.45, 2.75) is 0 Å². The van der Waals surface area contributed by atoms with Gasteiger partial charge >= 0.3 is 0 Å². The fourth-order valence-electron chi connectivity index (χ4n) is 1.48. The van der Waals surface area contributed by atoms with Crippen LogP contribution in [0.1, 0.15) is 0 Å². The normalized spacial score (nSPS) is 9.84. The second kappa shape index (κ2) is 8.20. The predicted molar refractivity (Wildman–Crippen MR) is 72.9 cm³/mol. The molecule has 106 valence electrons. The van der Waals surface area contributed by atoms with Crippen molar-refractivity contribution in [3.05, 3.63) is 18.2 Å². The number of hydrogen-bond acceptors (Lipinski definition) is 5. The topological polar surface area (TPSA) is 68.8 Å². The molecule has 1 rings (SSSR count). The monoisotopic (exact) mass is 268 g/mol. The van der Waals surface area contributed by atoms with Crippen LogP contribution in [-0.4, -0.2) is 46.9 Å². The van der Waals surface area contributed by atoms with E-state index in [0.717, 1.165) is 5.69 Å². The van der Waals surface area contributed by atoms with E-state index in [9.17, 15) is 4.79 Å². The zero-order valence-electron chi connectivity index (χ0n) is 11.5. The first kappa shape index (κ1) is 15.1. The lowest BCUT2D eigenvalue weighted by Crippen LogP contribution is -2.32. The van der Waals surface area contributed by atoms with Crippen molar-refractivity contribution in [3.63, 3.8) is 0 Å². The number of carbonyl (C=O) groups excluding carboxylic acids is 1. The molecule has 0 aliphatic carbocycles. The Morgan fingerprint density at radius 2 is 2.00 bits per heavy atom. The van der Waals surface area contributed by atoms with E-state index in [4.69, 9.17) is 14.2 Å². The summed E-state index contributed by atoms with van der Waals surface area (Å²) in [6, 6.07) is 5.36. The third-order valence-electron chi connectivity index (χ3n) is 2.48. The summed E-state index contributed by atoms with van der Waals surface area (Å²) in [5, 5.41) is 5.73. The minimum absolute atomic E-state index is 0.102. The standard InChI is InChI=1S/C13H20N2O4/c1-17-7-6-14-13(16)9-15-11-5-4-10(18-2)8-12(11)19-3/h4-5,8,15H,6-7,9H2,1-3H3,(H,14,16). The summed E-state index contributed by atoms with van der Waals surface area (Å²) in [5.74, 6) is 1.23. The molecule has 1 amide bonds. The Morgan fingerprint density at radius 3 is 2.63 bits per heavy atom. The fourth-order valence-corrected chi connectivity index (χ4v) is 1.48. The fraction of sp³-hybridized carbons (Fsp3) is 0.462. The number of ether oxygens (including phenoxy) is 3. The number of benzene rings is 1. The molecular formula is C13H20N2O4. The van der Waals surface area contributed by atoms with Crippen molar-refractivity contribution < 1.29 is 19.0 Å². The molecule has 0 atom stereocenters. The summed E-state index contributed by atoms with van der Waals surface area (Å²) in [4.78, 5) is 11.5. The lowest BCUT2D eigenvalue weighted by Gasteiger charge is -2.12. The molecule has 0 saturated heterocycles. The van der Waals surface area contributed by atoms with Gasteiger partial charge in [-0.25, -0.2) is 0 Å². The summed E-state index contributed by atoms with van der Waals surface area (Å²) < 4.78 is 15.2. The van der Waals surface area contributed by atoms with E-state index in [1.807, 2.05) is 0 Å². The molecule has 0 aliphatic rings. The molecule has 0 aliphatic heterocycles. The van der Waals surface area contributed by atoms with E-state index >= 15 is 0 Å². The van der Waals surface area contributed by atoms with Crippen LogP contribution in [0.15, 0.2) is 18.2 Å². The summed E-state index contributed by atoms with van der Waals surface area (Å²) in [5.41, 5.74) is 0.741. The molecule has 2 N–H and O–H groups in total. The molecule has 0 fully saturated rings. The third kappa shape index (κ3) is 5.05. The van der Waals surface area contributed by atoms with Gasteiger partial charge in [-0.1, -0.05) is 0 Å². The lowest BCUT2D eigenvalue weighted by molar-refractivity contribution is -0.119. The summed E-state index contributed by atoms with van der Waals surface area (Å²) >= 11 is 0. The van der Waals surface area contributed by atoms with Crippen molar-refractivity contribution in [3.8, 4) is 11.5 Å². The highest BCUT2D eigenvalue weighted by Crippen LogP contribution is 2.28. The second-order valence-electron chi connectivity index (χ2n) is 3.76. The maximum Gasteiger partial charge on any atom is 0.239 e. The largest absolute Gasteiger partial charge is 0.497 e. The molecule has 0 spiro atoms. The highest BCUT2D eigenvalue weighted by Gasteiger charge is 2.06. The first-order valence-electron chi connectivity index (χ1n) is 5.92. The summed E-state index contributed by atoms with van der Waals surface area (Å²) in [6.45, 7) is 1.17. The van der Waals surface area contributed by atoms with Crippen molar-refractivity contribution in [2.75, 3.05) is 46.3 Å². The van der Waals surface area contributed by atoms with E-state index < -0.39 is 0 Å². The first-order chi connectivity index (χ1) is 9.21. The zero-order valence-corrected chi connectivity index (χ0v) is 11.5. The predicted octanol–water partition coefficient (Wildman–Crippen LogP) is 0.878. The average Bonchev–Trinajstić information content (AvgIpc) is 2.45. The van der Waals surface area contributed by atoms with Gasteiger partial charge in [0.05, 0.1) is 33.1 Å². The van der Waals surface area contributed by atoms with Crippen molar-refractivity contribution in [2.24, 2.45) is 0 Å². The number of carbonyl (C=O) groups is 1. The Labute approximate surface area is 113 Å². The van der Waals surface area contributed by atoms with Crippen LogP contribution < -0.4 is 20.1 Å². The number of nitrogens with one attached hydrogen (secondary N) is 2. The maximum absolute atomic E-state index is 11.5. The third-order valence-corrected chi connectivity index (χ3v) is 2.48. The van der Waals surface area contributed by atoms with Gasteiger partial charge in [0.15, 0.2) is 0 Å². The molecule has 6 nitrogen and oxygen atoms in total. The molecule has 0 bridgehead atoms. The van der Waals surface area contributed by atoms with E-state index in [0.29, 0.717) is 24.7 Å². The number of rotatable bonds is 8. The number of hydrogen-bond donors (Lipinski definition) is 2. The van der Waals surface area contributed by atoms with Crippen LogP contribution in [0.5, 0.6) is 11.5 Å². The molecule has 0 saturated carbocycles. The Balaban J connectivity index is 2.50. The molecule has 0 aromatic heterocycles. The van der Waals surface area contributed by atoms with Crippen LogP contribution in [0, 0.1) is 0 Å². The van der Waals surface area contributed by atoms with Gasteiger partial charge in [0, 0.05) is 19.7 Å². The minimum Gasteiger partial charge on any atom is -0.497 e. The summed E-state index contributed by atoms with van der Waals surface area (Å²) in [7, 11) is 4.75. The highest BCUT2D eigenvalue weighted by atomic mass is 16.5. The molecule has 19 heavy (non-hydrogen) atoms. The molecule has 0 radical (unpaired) electrons. The van der Waals surface area contributed by atoms with Crippen LogP contribution in [0.4, 0.5) is 5.69 Å². The van der Waals surface area contributed by atoms with Gasteiger partial charge in [0.25, 0.3) is 0 Å². The van der Waals surface area contributed by atoms with Gasteiger partial charge in [-0.05, 0) is 12.1 Å². The molecule has 0 unspecified atom stereocenters. The van der Waals surface area contributed by atoms with Crippen molar-refractivity contribution >= 4 is 11.6 Å². The van der Waals surface area contributed by atoms with E-state index in [1.165, 1.54) is 0 Å². The average molecular weight is 268 g/mol. The molecule has 1 aromatic rings. The van der Waals surface area contributed by atoms with Gasteiger partial charge in [0.1, 0.15) is 11.5 Å². The Morgan fingerprint density at radius 1 is 1.21 bits per heavy atom. The van der Waals surface area contributed by atoms with Gasteiger partial charge in [0.2, 0.25) is 5.91 Å². The van der Waals surface area contributed by atoms with Gasteiger partial charge in [-0.15, -0.1) is 0 Å². The molecule has 6 heteroatoms. The van der Waals surface area contributed by atoms with E-state index in [1.54, 1.807) is 39.5 Å².